The van der Waals surface area contributed by atoms with Crippen LogP contribution in [0.15, 0.2) is 30.6 Å². The Hall–Kier alpha value is -1.71. The van der Waals surface area contributed by atoms with Crippen LogP contribution in [0.4, 0.5) is 4.39 Å². The van der Waals surface area contributed by atoms with Crippen molar-refractivity contribution >= 4 is 0 Å². The molecule has 0 spiro atoms. The van der Waals surface area contributed by atoms with Gasteiger partial charge < -0.3 is 0 Å². The largest absolute Gasteiger partial charge is 0.266 e. The molecule has 0 saturated carbocycles. The maximum atomic E-state index is 12.5. The molecule has 0 fully saturated rings. The quantitative estimate of drug-likeness (QED) is 0.755. The third-order valence-corrected chi connectivity index (χ3v) is 1.74. The van der Waals surface area contributed by atoms with E-state index in [4.69, 9.17) is 0 Å². The molecule has 3 nitrogen and oxygen atoms in total. The van der Waals surface area contributed by atoms with E-state index in [2.05, 4.69) is 15.2 Å². The number of aromatic nitrogens is 3. The smallest absolute Gasteiger partial charge is 0.154 e. The van der Waals surface area contributed by atoms with Crippen LogP contribution in [0.2, 0.25) is 0 Å². The summed E-state index contributed by atoms with van der Waals surface area (Å²) in [7, 11) is 0. The molecular weight excluding hydrogens is 169 g/mol. The van der Waals surface area contributed by atoms with E-state index in [0.29, 0.717) is 12.2 Å². The summed E-state index contributed by atoms with van der Waals surface area (Å²) in [5.41, 5.74) is 1.00. The molecule has 2 aromatic rings. The third kappa shape index (κ3) is 1.90. The second-order valence-corrected chi connectivity index (χ2v) is 2.72. The summed E-state index contributed by atoms with van der Waals surface area (Å²) in [5, 5.41) is 6.53. The van der Waals surface area contributed by atoms with Gasteiger partial charge in [0.15, 0.2) is 5.82 Å². The monoisotopic (exact) mass is 177 g/mol. The minimum atomic E-state index is -0.223. The molecule has 0 radical (unpaired) electrons. The first-order chi connectivity index (χ1) is 6.34. The van der Waals surface area contributed by atoms with Gasteiger partial charge >= 0.3 is 0 Å². The SMILES string of the molecule is Fc1ccc(Cc2nc[nH]n2)cc1. The molecule has 1 aromatic heterocycles. The zero-order chi connectivity index (χ0) is 9.10. The Morgan fingerprint density at radius 2 is 2.00 bits per heavy atom. The van der Waals surface area contributed by atoms with Crippen molar-refractivity contribution in [1.29, 1.82) is 0 Å². The summed E-state index contributed by atoms with van der Waals surface area (Å²) in [6.07, 6.45) is 2.16. The first-order valence-electron chi connectivity index (χ1n) is 3.94. The Bertz CT molecular complexity index is 366. The van der Waals surface area contributed by atoms with Gasteiger partial charge in [-0.05, 0) is 17.7 Å². The Labute approximate surface area is 74.6 Å². The predicted octanol–water partition coefficient (Wildman–Crippen LogP) is 1.53. The van der Waals surface area contributed by atoms with Crippen molar-refractivity contribution in [3.63, 3.8) is 0 Å². The van der Waals surface area contributed by atoms with E-state index < -0.39 is 0 Å². The highest BCUT2D eigenvalue weighted by molar-refractivity contribution is 5.19. The average Bonchev–Trinajstić information content (AvgIpc) is 2.62. The van der Waals surface area contributed by atoms with Crippen LogP contribution in [-0.4, -0.2) is 15.2 Å². The van der Waals surface area contributed by atoms with Crippen LogP contribution < -0.4 is 0 Å². The maximum absolute atomic E-state index is 12.5. The van der Waals surface area contributed by atoms with Crippen molar-refractivity contribution in [3.05, 3.63) is 47.8 Å². The van der Waals surface area contributed by atoms with Crippen LogP contribution in [0, 0.1) is 5.82 Å². The molecule has 4 heteroatoms. The Kier molecular flexibility index (Phi) is 2.04. The van der Waals surface area contributed by atoms with E-state index in [1.165, 1.54) is 18.5 Å². The van der Waals surface area contributed by atoms with Gasteiger partial charge in [-0.1, -0.05) is 12.1 Å². The lowest BCUT2D eigenvalue weighted by atomic mass is 10.1. The standard InChI is InChI=1S/C9H8FN3/c10-8-3-1-7(2-4-8)5-9-11-6-12-13-9/h1-4,6H,5H2,(H,11,12,13). The summed E-state index contributed by atoms with van der Waals surface area (Å²) in [4.78, 5) is 3.97. The van der Waals surface area contributed by atoms with E-state index in [0.717, 1.165) is 5.56 Å². The van der Waals surface area contributed by atoms with Gasteiger partial charge in [-0.25, -0.2) is 9.37 Å². The summed E-state index contributed by atoms with van der Waals surface area (Å²) in [5.74, 6) is 0.491. The van der Waals surface area contributed by atoms with Crippen molar-refractivity contribution < 1.29 is 4.39 Å². The Morgan fingerprint density at radius 1 is 1.23 bits per heavy atom. The van der Waals surface area contributed by atoms with Gasteiger partial charge in [-0.2, -0.15) is 5.10 Å². The summed E-state index contributed by atoms with van der Waals surface area (Å²) in [6.45, 7) is 0. The lowest BCUT2D eigenvalue weighted by Gasteiger charge is -1.95. The molecule has 0 unspecified atom stereocenters. The fourth-order valence-corrected chi connectivity index (χ4v) is 1.11. The summed E-state index contributed by atoms with van der Waals surface area (Å²) >= 11 is 0. The number of rotatable bonds is 2. The van der Waals surface area contributed by atoms with Crippen LogP contribution in [0.3, 0.4) is 0 Å². The number of H-pyrrole nitrogens is 1. The van der Waals surface area contributed by atoms with Gasteiger partial charge in [-0.3, -0.25) is 5.10 Å². The van der Waals surface area contributed by atoms with E-state index in [1.54, 1.807) is 12.1 Å². The average molecular weight is 177 g/mol. The van der Waals surface area contributed by atoms with E-state index in [1.807, 2.05) is 0 Å². The summed E-state index contributed by atoms with van der Waals surface area (Å²) in [6, 6.07) is 6.32. The Morgan fingerprint density at radius 3 is 2.62 bits per heavy atom. The van der Waals surface area contributed by atoms with Gasteiger partial charge in [0.25, 0.3) is 0 Å². The lowest BCUT2D eigenvalue weighted by Crippen LogP contribution is -1.90. The fourth-order valence-electron chi connectivity index (χ4n) is 1.11. The molecule has 0 saturated heterocycles. The normalized spacial score (nSPS) is 10.2. The number of halogens is 1. The van der Waals surface area contributed by atoms with Crippen LogP contribution in [0.1, 0.15) is 11.4 Å². The van der Waals surface area contributed by atoms with Crippen molar-refractivity contribution in [3.8, 4) is 0 Å². The van der Waals surface area contributed by atoms with Crippen molar-refractivity contribution in [1.82, 2.24) is 15.2 Å². The number of hydrogen-bond donors (Lipinski definition) is 1. The molecule has 0 aliphatic rings. The number of nitrogens with one attached hydrogen (secondary N) is 1. The lowest BCUT2D eigenvalue weighted by molar-refractivity contribution is 0.627. The predicted molar refractivity (Wildman–Crippen MR) is 45.6 cm³/mol. The first-order valence-corrected chi connectivity index (χ1v) is 3.94. The van der Waals surface area contributed by atoms with Gasteiger partial charge in [0.05, 0.1) is 0 Å². The molecule has 13 heavy (non-hydrogen) atoms. The van der Waals surface area contributed by atoms with Gasteiger partial charge in [0.2, 0.25) is 0 Å². The van der Waals surface area contributed by atoms with Crippen LogP contribution in [-0.2, 0) is 6.42 Å². The fraction of sp³-hybridized carbons (Fsp3) is 0.111. The molecule has 0 aliphatic carbocycles. The van der Waals surface area contributed by atoms with Crippen LogP contribution >= 0.6 is 0 Å². The maximum Gasteiger partial charge on any atom is 0.154 e. The van der Waals surface area contributed by atoms with Crippen molar-refractivity contribution in [2.75, 3.05) is 0 Å². The molecule has 0 aliphatic heterocycles. The second kappa shape index (κ2) is 3.35. The van der Waals surface area contributed by atoms with Gasteiger partial charge in [-0.15, -0.1) is 0 Å². The molecule has 0 amide bonds. The highest BCUT2D eigenvalue weighted by Crippen LogP contribution is 2.05. The molecule has 2 rings (SSSR count). The van der Waals surface area contributed by atoms with Crippen molar-refractivity contribution in [2.24, 2.45) is 0 Å². The Balaban J connectivity index is 2.15. The molecular formula is C9H8FN3. The molecule has 0 atom stereocenters. The molecule has 1 N–H and O–H groups in total. The van der Waals surface area contributed by atoms with Gasteiger partial charge in [0, 0.05) is 6.42 Å². The molecule has 1 aromatic carbocycles. The highest BCUT2D eigenvalue weighted by Gasteiger charge is 1.98. The molecule has 0 bridgehead atoms. The zero-order valence-corrected chi connectivity index (χ0v) is 6.87. The highest BCUT2D eigenvalue weighted by atomic mass is 19.1. The molecule has 66 valence electrons. The minimum absolute atomic E-state index is 0.223. The summed E-state index contributed by atoms with van der Waals surface area (Å²) < 4.78 is 12.5. The van der Waals surface area contributed by atoms with Crippen LogP contribution in [0.25, 0.3) is 0 Å². The topological polar surface area (TPSA) is 41.6 Å². The van der Waals surface area contributed by atoms with E-state index >= 15 is 0 Å². The van der Waals surface area contributed by atoms with Gasteiger partial charge in [0.1, 0.15) is 12.1 Å². The third-order valence-electron chi connectivity index (χ3n) is 1.74. The minimum Gasteiger partial charge on any atom is -0.266 e. The number of hydrogen-bond acceptors (Lipinski definition) is 2. The first kappa shape index (κ1) is 7.91. The molecule has 1 heterocycles. The zero-order valence-electron chi connectivity index (χ0n) is 6.87. The number of nitrogens with zero attached hydrogens (tertiary/aromatic N) is 2. The van der Waals surface area contributed by atoms with Crippen molar-refractivity contribution in [2.45, 2.75) is 6.42 Å². The van der Waals surface area contributed by atoms with Crippen LogP contribution in [0.5, 0.6) is 0 Å². The van der Waals surface area contributed by atoms with E-state index in [-0.39, 0.29) is 5.82 Å². The second-order valence-electron chi connectivity index (χ2n) is 2.72. The number of aromatic amines is 1. The van der Waals surface area contributed by atoms with E-state index in [9.17, 15) is 4.39 Å². The number of benzene rings is 1.